The van der Waals surface area contributed by atoms with Crippen molar-refractivity contribution >= 4 is 23.4 Å². The second kappa shape index (κ2) is 7.54. The highest BCUT2D eigenvalue weighted by molar-refractivity contribution is 6.09. The number of nitrogens with one attached hydrogen (secondary N) is 2. The summed E-state index contributed by atoms with van der Waals surface area (Å²) >= 11 is 0. The SMILES string of the molecule is CC(=O)N1c2ccc(/C(C=N)=C/NC3CC3)c(CCC3CC3(F)F)c2CCC1C. The molecule has 2 unspecified atom stereocenters. The number of carbonyl (C=O) groups excluding carboxylic acids is 1. The van der Waals surface area contributed by atoms with Crippen LogP contribution in [0.3, 0.4) is 0 Å². The van der Waals surface area contributed by atoms with Crippen molar-refractivity contribution in [3.05, 3.63) is 35.0 Å². The number of halogens is 2. The van der Waals surface area contributed by atoms with E-state index in [1.165, 1.54) is 6.21 Å². The molecule has 2 fully saturated rings. The summed E-state index contributed by atoms with van der Waals surface area (Å²) in [6.07, 6.45) is 8.14. The van der Waals surface area contributed by atoms with Crippen LogP contribution in [-0.2, 0) is 17.6 Å². The van der Waals surface area contributed by atoms with Crippen molar-refractivity contribution in [1.82, 2.24) is 5.32 Å². The zero-order chi connectivity index (χ0) is 20.8. The number of amides is 1. The molecule has 2 saturated carbocycles. The van der Waals surface area contributed by atoms with E-state index in [0.717, 1.165) is 53.6 Å². The third-order valence-electron chi connectivity index (χ3n) is 6.48. The minimum Gasteiger partial charge on any atom is -0.388 e. The molecule has 2 N–H and O–H groups in total. The summed E-state index contributed by atoms with van der Waals surface area (Å²) in [4.78, 5) is 14.1. The van der Waals surface area contributed by atoms with E-state index < -0.39 is 11.8 Å². The maximum atomic E-state index is 13.5. The minimum atomic E-state index is -2.53. The summed E-state index contributed by atoms with van der Waals surface area (Å²) in [7, 11) is 0. The number of fused-ring (bicyclic) bond motifs is 1. The second-order valence-electron chi connectivity index (χ2n) is 8.75. The van der Waals surface area contributed by atoms with Crippen molar-refractivity contribution in [3.63, 3.8) is 0 Å². The summed E-state index contributed by atoms with van der Waals surface area (Å²) in [5, 5.41) is 11.3. The molecule has 4 rings (SSSR count). The Morgan fingerprint density at radius 2 is 2.07 bits per heavy atom. The number of hydrogen-bond acceptors (Lipinski definition) is 3. The Bertz CT molecular complexity index is 860. The van der Waals surface area contributed by atoms with E-state index in [4.69, 9.17) is 5.41 Å². The van der Waals surface area contributed by atoms with Crippen LogP contribution in [0.2, 0.25) is 0 Å². The Hall–Kier alpha value is -2.24. The van der Waals surface area contributed by atoms with Crippen molar-refractivity contribution in [3.8, 4) is 0 Å². The van der Waals surface area contributed by atoms with Crippen molar-refractivity contribution in [2.45, 2.75) is 76.8 Å². The summed E-state index contributed by atoms with van der Waals surface area (Å²) in [6.45, 7) is 3.62. The molecule has 0 spiro atoms. The maximum absolute atomic E-state index is 13.5. The Kier molecular flexibility index (Phi) is 5.21. The average molecular weight is 402 g/mol. The van der Waals surface area contributed by atoms with Gasteiger partial charge >= 0.3 is 0 Å². The van der Waals surface area contributed by atoms with Crippen LogP contribution in [0.5, 0.6) is 0 Å². The number of allylic oxidation sites excluding steroid dienone is 1. The van der Waals surface area contributed by atoms with Crippen molar-refractivity contribution in [2.75, 3.05) is 4.90 Å². The monoisotopic (exact) mass is 401 g/mol. The van der Waals surface area contributed by atoms with E-state index >= 15 is 0 Å². The average Bonchev–Trinajstić information content (AvgIpc) is 3.58. The second-order valence-corrected chi connectivity index (χ2v) is 8.75. The van der Waals surface area contributed by atoms with Gasteiger partial charge in [0.05, 0.1) is 0 Å². The third kappa shape index (κ3) is 4.07. The molecule has 1 heterocycles. The number of carbonyl (C=O) groups is 1. The van der Waals surface area contributed by atoms with Gasteiger partial charge in [-0.1, -0.05) is 6.07 Å². The molecule has 2 atom stereocenters. The Morgan fingerprint density at radius 3 is 2.66 bits per heavy atom. The van der Waals surface area contributed by atoms with Gasteiger partial charge in [-0.05, 0) is 68.2 Å². The van der Waals surface area contributed by atoms with Crippen LogP contribution in [0.4, 0.5) is 14.5 Å². The molecule has 4 nitrogen and oxygen atoms in total. The first-order valence-electron chi connectivity index (χ1n) is 10.6. The van der Waals surface area contributed by atoms with Crippen LogP contribution in [0.15, 0.2) is 18.3 Å². The van der Waals surface area contributed by atoms with Gasteiger partial charge in [0, 0.05) is 55.0 Å². The fraction of sp³-hybridized carbons (Fsp3) is 0.565. The maximum Gasteiger partial charge on any atom is 0.251 e. The van der Waals surface area contributed by atoms with Gasteiger partial charge in [-0.25, -0.2) is 8.78 Å². The van der Waals surface area contributed by atoms with Crippen LogP contribution in [-0.4, -0.2) is 30.1 Å². The fourth-order valence-corrected chi connectivity index (χ4v) is 4.50. The molecular formula is C23H29F2N3O. The Balaban J connectivity index is 1.72. The molecule has 156 valence electrons. The van der Waals surface area contributed by atoms with Crippen LogP contribution in [0.1, 0.15) is 62.6 Å². The van der Waals surface area contributed by atoms with Crippen LogP contribution in [0, 0.1) is 11.3 Å². The highest BCUT2D eigenvalue weighted by Crippen LogP contribution is 2.51. The molecule has 0 aromatic heterocycles. The van der Waals surface area contributed by atoms with Gasteiger partial charge in [-0.2, -0.15) is 0 Å². The first-order chi connectivity index (χ1) is 13.8. The fourth-order valence-electron chi connectivity index (χ4n) is 4.50. The Labute approximate surface area is 170 Å². The lowest BCUT2D eigenvalue weighted by Crippen LogP contribution is -2.41. The zero-order valence-electron chi connectivity index (χ0n) is 17.1. The van der Waals surface area contributed by atoms with Gasteiger partial charge in [0.1, 0.15) is 0 Å². The number of rotatable bonds is 7. The highest BCUT2D eigenvalue weighted by atomic mass is 19.3. The number of nitrogens with zero attached hydrogens (tertiary/aromatic N) is 1. The van der Waals surface area contributed by atoms with E-state index in [0.29, 0.717) is 18.9 Å². The van der Waals surface area contributed by atoms with E-state index in [-0.39, 0.29) is 18.4 Å². The summed E-state index contributed by atoms with van der Waals surface area (Å²) in [5.74, 6) is -3.07. The van der Waals surface area contributed by atoms with Gasteiger partial charge in [0.25, 0.3) is 5.92 Å². The van der Waals surface area contributed by atoms with Gasteiger partial charge < -0.3 is 15.6 Å². The van der Waals surface area contributed by atoms with E-state index in [9.17, 15) is 13.6 Å². The normalized spacial score (nSPS) is 25.4. The Morgan fingerprint density at radius 1 is 1.34 bits per heavy atom. The van der Waals surface area contributed by atoms with Gasteiger partial charge in [0.2, 0.25) is 5.91 Å². The topological polar surface area (TPSA) is 56.2 Å². The van der Waals surface area contributed by atoms with Crippen LogP contribution < -0.4 is 10.2 Å². The van der Waals surface area contributed by atoms with Crippen molar-refractivity contribution in [1.29, 1.82) is 5.41 Å². The van der Waals surface area contributed by atoms with Crippen molar-refractivity contribution < 1.29 is 13.6 Å². The van der Waals surface area contributed by atoms with Crippen LogP contribution >= 0.6 is 0 Å². The number of benzene rings is 1. The minimum absolute atomic E-state index is 0.00379. The lowest BCUT2D eigenvalue weighted by molar-refractivity contribution is -0.117. The van der Waals surface area contributed by atoms with E-state index in [1.807, 2.05) is 30.2 Å². The van der Waals surface area contributed by atoms with Crippen LogP contribution in [0.25, 0.3) is 5.57 Å². The van der Waals surface area contributed by atoms with E-state index in [1.54, 1.807) is 6.92 Å². The van der Waals surface area contributed by atoms with E-state index in [2.05, 4.69) is 5.32 Å². The predicted octanol–water partition coefficient (Wildman–Crippen LogP) is 4.70. The molecule has 1 aliphatic heterocycles. The molecule has 29 heavy (non-hydrogen) atoms. The molecule has 6 heteroatoms. The van der Waals surface area contributed by atoms with Gasteiger partial charge in [-0.15, -0.1) is 0 Å². The quantitative estimate of drug-likeness (QED) is 0.651. The number of anilines is 1. The molecule has 2 aliphatic carbocycles. The lowest BCUT2D eigenvalue weighted by atomic mass is 9.85. The summed E-state index contributed by atoms with van der Waals surface area (Å²) in [6, 6.07) is 4.52. The zero-order valence-corrected chi connectivity index (χ0v) is 17.1. The summed E-state index contributed by atoms with van der Waals surface area (Å²) < 4.78 is 27.0. The standard InChI is InChI=1S/C23H29F2N3O/c1-14-3-7-21-20(8-4-17-11-23(17,24)25)19(9-10-22(21)28(14)15(2)29)16(12-26)13-27-18-5-6-18/h9-10,12-14,17-18,26-27H,3-8,11H2,1-2H3/b16-13+,26-12?. The lowest BCUT2D eigenvalue weighted by Gasteiger charge is -2.36. The predicted molar refractivity (Wildman–Crippen MR) is 112 cm³/mol. The summed E-state index contributed by atoms with van der Waals surface area (Å²) in [5.41, 5.74) is 4.70. The third-order valence-corrected chi connectivity index (χ3v) is 6.48. The molecule has 1 aromatic carbocycles. The first kappa shape index (κ1) is 20.0. The molecule has 1 amide bonds. The van der Waals surface area contributed by atoms with Gasteiger partial charge in [0.15, 0.2) is 0 Å². The smallest absolute Gasteiger partial charge is 0.251 e. The molecule has 0 saturated heterocycles. The molecule has 3 aliphatic rings. The number of alkyl halides is 2. The number of hydrogen-bond donors (Lipinski definition) is 2. The van der Waals surface area contributed by atoms with Crippen molar-refractivity contribution in [2.24, 2.45) is 5.92 Å². The molecule has 1 aromatic rings. The largest absolute Gasteiger partial charge is 0.388 e. The molecule has 0 bridgehead atoms. The van der Waals surface area contributed by atoms with Gasteiger partial charge in [-0.3, -0.25) is 4.79 Å². The first-order valence-corrected chi connectivity index (χ1v) is 10.6. The molecular weight excluding hydrogens is 372 g/mol. The highest BCUT2D eigenvalue weighted by Gasteiger charge is 2.56. The molecule has 0 radical (unpaired) electrons.